The van der Waals surface area contributed by atoms with E-state index in [1.807, 2.05) is 30.3 Å². The lowest BCUT2D eigenvalue weighted by Crippen LogP contribution is -2.29. The van der Waals surface area contributed by atoms with Crippen molar-refractivity contribution in [3.05, 3.63) is 95.1 Å². The van der Waals surface area contributed by atoms with E-state index < -0.39 is 17.7 Å². The summed E-state index contributed by atoms with van der Waals surface area (Å²) in [5.41, 5.74) is 1.97. The molecule has 1 fully saturated rings. The number of rotatable bonds is 12. The number of carbonyl (C=O) groups is 2. The number of anilines is 1. The molecule has 0 saturated carbocycles. The molecule has 1 aliphatic rings. The molecule has 9 nitrogen and oxygen atoms in total. The largest absolute Gasteiger partial charge is 0.507 e. The van der Waals surface area contributed by atoms with E-state index >= 15 is 0 Å². The number of thioether (sulfide) groups is 1. The van der Waals surface area contributed by atoms with E-state index in [0.29, 0.717) is 45.1 Å². The molecule has 0 aliphatic carbocycles. The van der Waals surface area contributed by atoms with Crippen LogP contribution in [0.2, 0.25) is 0 Å². The monoisotopic (exact) mass is 617 g/mol. The Morgan fingerprint density at radius 1 is 0.977 bits per heavy atom. The number of aliphatic hydroxyl groups excluding tert-OH is 1. The quantitative estimate of drug-likeness (QED) is 0.0466. The first-order chi connectivity index (χ1) is 20.9. The number of nitrogens with zero attached hydrogens (tertiary/aromatic N) is 3. The van der Waals surface area contributed by atoms with E-state index in [2.05, 4.69) is 17.1 Å². The Hall–Kier alpha value is -4.35. The first kappa shape index (κ1) is 30.1. The molecule has 1 unspecified atom stereocenters. The number of aliphatic hydroxyl groups is 1. The first-order valence-electron chi connectivity index (χ1n) is 13.7. The Kier molecular flexibility index (Phi) is 9.63. The molecule has 1 amide bonds. The van der Waals surface area contributed by atoms with Crippen molar-refractivity contribution in [3.63, 3.8) is 0 Å². The summed E-state index contributed by atoms with van der Waals surface area (Å²) in [5, 5.41) is 20.4. The molecule has 43 heavy (non-hydrogen) atoms. The van der Waals surface area contributed by atoms with E-state index in [9.17, 15) is 14.7 Å². The van der Waals surface area contributed by atoms with Gasteiger partial charge in [0.1, 0.15) is 11.5 Å². The van der Waals surface area contributed by atoms with E-state index in [1.54, 1.807) is 42.5 Å². The van der Waals surface area contributed by atoms with Crippen LogP contribution in [0.25, 0.3) is 5.76 Å². The minimum Gasteiger partial charge on any atom is -0.507 e. The summed E-state index contributed by atoms with van der Waals surface area (Å²) >= 11 is 2.71. The van der Waals surface area contributed by atoms with Crippen LogP contribution in [0.4, 0.5) is 5.13 Å². The normalized spacial score (nSPS) is 16.0. The molecular weight excluding hydrogens is 587 g/mol. The highest BCUT2D eigenvalue weighted by Crippen LogP contribution is 2.45. The number of unbranched alkanes of at least 4 members (excludes halogenated alkanes) is 1. The van der Waals surface area contributed by atoms with Gasteiger partial charge < -0.3 is 19.3 Å². The van der Waals surface area contributed by atoms with Crippen LogP contribution in [0.5, 0.6) is 17.2 Å². The van der Waals surface area contributed by atoms with Gasteiger partial charge in [-0.15, -0.1) is 10.2 Å². The molecule has 4 aromatic rings. The van der Waals surface area contributed by atoms with Crippen LogP contribution in [-0.4, -0.2) is 47.8 Å². The summed E-state index contributed by atoms with van der Waals surface area (Å²) in [5.74, 6) is 0.221. The molecule has 3 aromatic carbocycles. The van der Waals surface area contributed by atoms with Crippen molar-refractivity contribution in [2.45, 2.75) is 35.9 Å². The number of carbonyl (C=O) groups excluding carboxylic acids is 2. The number of methoxy groups -OCH3 is 2. The molecule has 222 valence electrons. The number of hydrogen-bond acceptors (Lipinski definition) is 10. The predicted molar refractivity (Wildman–Crippen MR) is 167 cm³/mol. The lowest BCUT2D eigenvalue weighted by molar-refractivity contribution is -0.132. The average molecular weight is 618 g/mol. The Labute approximate surface area is 258 Å². The maximum atomic E-state index is 13.6. The third-order valence-corrected chi connectivity index (χ3v) is 9.00. The topological polar surface area (TPSA) is 111 Å². The van der Waals surface area contributed by atoms with Crippen molar-refractivity contribution in [2.24, 2.45) is 0 Å². The van der Waals surface area contributed by atoms with Gasteiger partial charge in [-0.3, -0.25) is 14.5 Å². The molecular formula is C32H31N3O6S2. The smallest absolute Gasteiger partial charge is 0.301 e. The van der Waals surface area contributed by atoms with Crippen molar-refractivity contribution in [3.8, 4) is 17.2 Å². The summed E-state index contributed by atoms with van der Waals surface area (Å²) in [7, 11) is 2.99. The van der Waals surface area contributed by atoms with Crippen LogP contribution >= 0.6 is 23.1 Å². The standard InChI is InChI=1S/C32H31N3O6S2/c1-4-5-17-41-23-14-11-21(12-15-23)27-26(28(36)22-13-16-24(39-2)25(18-22)40-3)29(37)30(38)35(27)31-33-34-32(43-31)42-19-20-9-7-6-8-10-20/h6-16,18,27,36H,4-5,17,19H2,1-3H3. The summed E-state index contributed by atoms with van der Waals surface area (Å²) in [6.45, 7) is 2.68. The van der Waals surface area contributed by atoms with E-state index in [1.165, 1.54) is 42.2 Å². The molecule has 0 bridgehead atoms. The van der Waals surface area contributed by atoms with Gasteiger partial charge in [0.25, 0.3) is 5.78 Å². The van der Waals surface area contributed by atoms with Gasteiger partial charge in [0.15, 0.2) is 15.8 Å². The number of ketones is 1. The SMILES string of the molecule is CCCCOc1ccc(C2C(=C(O)c3ccc(OC)c(OC)c3)C(=O)C(=O)N2c2nnc(SCc3ccccc3)s2)cc1. The molecule has 0 spiro atoms. The summed E-state index contributed by atoms with van der Waals surface area (Å²) in [6, 6.07) is 21.0. The zero-order valence-corrected chi connectivity index (χ0v) is 25.6. The summed E-state index contributed by atoms with van der Waals surface area (Å²) in [6.07, 6.45) is 1.94. The van der Waals surface area contributed by atoms with Crippen molar-refractivity contribution in [1.29, 1.82) is 0 Å². The zero-order valence-electron chi connectivity index (χ0n) is 24.0. The van der Waals surface area contributed by atoms with Gasteiger partial charge in [-0.25, -0.2) is 0 Å². The van der Waals surface area contributed by atoms with Gasteiger partial charge in [0.2, 0.25) is 5.13 Å². The molecule has 5 rings (SSSR count). The van der Waals surface area contributed by atoms with Gasteiger partial charge in [-0.05, 0) is 47.9 Å². The second kappa shape index (κ2) is 13.7. The second-order valence-electron chi connectivity index (χ2n) is 9.63. The Morgan fingerprint density at radius 2 is 1.72 bits per heavy atom. The van der Waals surface area contributed by atoms with Crippen LogP contribution in [-0.2, 0) is 15.3 Å². The molecule has 0 radical (unpaired) electrons. The van der Waals surface area contributed by atoms with Gasteiger partial charge in [0, 0.05) is 11.3 Å². The van der Waals surface area contributed by atoms with Crippen LogP contribution < -0.4 is 19.1 Å². The minimum absolute atomic E-state index is 0.0643. The maximum absolute atomic E-state index is 13.6. The van der Waals surface area contributed by atoms with Crippen LogP contribution in [0.15, 0.2) is 82.7 Å². The number of hydrogen-bond donors (Lipinski definition) is 1. The lowest BCUT2D eigenvalue weighted by Gasteiger charge is -2.23. The first-order valence-corrected chi connectivity index (χ1v) is 15.5. The number of Topliss-reactive ketones (excluding diaryl/α,β-unsaturated/α-hetero) is 1. The van der Waals surface area contributed by atoms with Crippen molar-refractivity contribution in [2.75, 3.05) is 25.7 Å². The Bertz CT molecular complexity index is 1620. The fraction of sp³-hybridized carbons (Fsp3) is 0.250. The molecule has 1 atom stereocenters. The van der Waals surface area contributed by atoms with Gasteiger partial charge in [-0.2, -0.15) is 0 Å². The number of amides is 1. The molecule has 11 heteroatoms. The highest BCUT2D eigenvalue weighted by molar-refractivity contribution is 8.00. The van der Waals surface area contributed by atoms with Gasteiger partial charge in [0.05, 0.1) is 32.4 Å². The van der Waals surface area contributed by atoms with Crippen molar-refractivity contribution < 1.29 is 28.9 Å². The maximum Gasteiger partial charge on any atom is 0.301 e. The Morgan fingerprint density at radius 3 is 2.42 bits per heavy atom. The second-order valence-corrected chi connectivity index (χ2v) is 11.8. The van der Waals surface area contributed by atoms with Crippen molar-refractivity contribution in [1.82, 2.24) is 10.2 Å². The molecule has 1 N–H and O–H groups in total. The number of benzene rings is 3. The van der Waals surface area contributed by atoms with Gasteiger partial charge >= 0.3 is 5.91 Å². The van der Waals surface area contributed by atoms with Crippen molar-refractivity contribution >= 4 is 45.7 Å². The third-order valence-electron chi connectivity index (χ3n) is 6.87. The summed E-state index contributed by atoms with van der Waals surface area (Å²) in [4.78, 5) is 28.5. The van der Waals surface area contributed by atoms with Crippen LogP contribution in [0.3, 0.4) is 0 Å². The van der Waals surface area contributed by atoms with E-state index in [4.69, 9.17) is 14.2 Å². The van der Waals surface area contributed by atoms with E-state index in [0.717, 1.165) is 18.4 Å². The molecule has 1 saturated heterocycles. The summed E-state index contributed by atoms with van der Waals surface area (Å²) < 4.78 is 17.2. The van der Waals surface area contributed by atoms with Gasteiger partial charge in [-0.1, -0.05) is 78.9 Å². The Balaban J connectivity index is 1.54. The predicted octanol–water partition coefficient (Wildman–Crippen LogP) is 6.65. The van der Waals surface area contributed by atoms with E-state index in [-0.39, 0.29) is 16.5 Å². The highest BCUT2D eigenvalue weighted by atomic mass is 32.2. The highest BCUT2D eigenvalue weighted by Gasteiger charge is 2.48. The zero-order chi connectivity index (χ0) is 30.3. The fourth-order valence-corrected chi connectivity index (χ4v) is 6.47. The fourth-order valence-electron chi connectivity index (χ4n) is 4.64. The van der Waals surface area contributed by atoms with Crippen LogP contribution in [0.1, 0.15) is 42.5 Å². The lowest BCUT2D eigenvalue weighted by atomic mass is 9.95. The molecule has 2 heterocycles. The number of aromatic nitrogens is 2. The average Bonchev–Trinajstić information content (AvgIpc) is 3.62. The number of ether oxygens (including phenoxy) is 3. The third kappa shape index (κ3) is 6.52. The minimum atomic E-state index is -0.947. The molecule has 1 aromatic heterocycles. The molecule has 1 aliphatic heterocycles. The van der Waals surface area contributed by atoms with Crippen LogP contribution in [0, 0.1) is 0 Å².